The van der Waals surface area contributed by atoms with Gasteiger partial charge in [-0.15, -0.1) is 0 Å². The van der Waals surface area contributed by atoms with Crippen LogP contribution in [0.3, 0.4) is 0 Å². The molecule has 0 spiro atoms. The number of nitrogen functional groups attached to an aromatic ring is 1. The molecule has 4 heteroatoms. The Labute approximate surface area is 81.0 Å². The Morgan fingerprint density at radius 1 is 1.36 bits per heavy atom. The average molecular weight is 189 g/mol. The monoisotopic (exact) mass is 189 g/mol. The maximum absolute atomic E-state index is 11.8. The summed E-state index contributed by atoms with van der Waals surface area (Å²) >= 11 is 0. The quantitative estimate of drug-likeness (QED) is 0.669. The summed E-state index contributed by atoms with van der Waals surface area (Å²) in [4.78, 5) is 16.1. The fourth-order valence-corrected chi connectivity index (χ4v) is 1.40. The lowest BCUT2D eigenvalue weighted by Gasteiger charge is -2.06. The Kier molecular flexibility index (Phi) is 1.77. The molecule has 0 bridgehead atoms. The lowest BCUT2D eigenvalue weighted by atomic mass is 10.2. The second-order valence-corrected chi connectivity index (χ2v) is 3.27. The van der Waals surface area contributed by atoms with Crippen LogP contribution < -0.4 is 11.3 Å². The third kappa shape index (κ3) is 1.08. The summed E-state index contributed by atoms with van der Waals surface area (Å²) < 4.78 is 1.42. The zero-order valence-electron chi connectivity index (χ0n) is 8.11. The van der Waals surface area contributed by atoms with Crippen LogP contribution in [0, 0.1) is 13.8 Å². The first-order chi connectivity index (χ1) is 6.61. The zero-order valence-corrected chi connectivity index (χ0v) is 8.11. The molecule has 0 aromatic carbocycles. The van der Waals surface area contributed by atoms with Crippen molar-refractivity contribution in [2.24, 2.45) is 0 Å². The van der Waals surface area contributed by atoms with Gasteiger partial charge in [-0.2, -0.15) is 0 Å². The Morgan fingerprint density at radius 3 is 2.79 bits per heavy atom. The van der Waals surface area contributed by atoms with Crippen LogP contribution in [0.1, 0.15) is 11.3 Å². The molecule has 2 aromatic rings. The molecular formula is C10H11N3O. The highest BCUT2D eigenvalue weighted by atomic mass is 16.1. The summed E-state index contributed by atoms with van der Waals surface area (Å²) in [5.74, 6) is 0.420. The SMILES string of the molecule is Cc1nc2cccc(N)n2c(=O)c1C. The average Bonchev–Trinajstić information content (AvgIpc) is 2.14. The molecule has 14 heavy (non-hydrogen) atoms. The van der Waals surface area contributed by atoms with Gasteiger partial charge in [0.25, 0.3) is 5.56 Å². The van der Waals surface area contributed by atoms with Gasteiger partial charge in [-0.25, -0.2) is 9.38 Å². The van der Waals surface area contributed by atoms with Crippen molar-refractivity contribution in [3.8, 4) is 0 Å². The molecule has 2 rings (SSSR count). The molecule has 72 valence electrons. The van der Waals surface area contributed by atoms with Gasteiger partial charge in [-0.1, -0.05) is 6.07 Å². The van der Waals surface area contributed by atoms with Gasteiger partial charge < -0.3 is 5.73 Å². The summed E-state index contributed by atoms with van der Waals surface area (Å²) in [5.41, 5.74) is 7.59. The number of rotatable bonds is 0. The van der Waals surface area contributed by atoms with E-state index in [-0.39, 0.29) is 5.56 Å². The highest BCUT2D eigenvalue weighted by Crippen LogP contribution is 2.06. The van der Waals surface area contributed by atoms with Gasteiger partial charge in [-0.3, -0.25) is 4.79 Å². The Bertz CT molecular complexity index is 557. The van der Waals surface area contributed by atoms with E-state index in [0.717, 1.165) is 5.69 Å². The van der Waals surface area contributed by atoms with Crippen LogP contribution >= 0.6 is 0 Å². The molecule has 0 amide bonds. The van der Waals surface area contributed by atoms with Crippen molar-refractivity contribution >= 4 is 11.5 Å². The first-order valence-electron chi connectivity index (χ1n) is 4.35. The van der Waals surface area contributed by atoms with Gasteiger partial charge >= 0.3 is 0 Å². The molecular weight excluding hydrogens is 178 g/mol. The lowest BCUT2D eigenvalue weighted by molar-refractivity contribution is 0.993. The van der Waals surface area contributed by atoms with Gasteiger partial charge in [0.2, 0.25) is 0 Å². The molecule has 0 unspecified atom stereocenters. The minimum Gasteiger partial charge on any atom is -0.385 e. The molecule has 0 saturated carbocycles. The molecule has 4 nitrogen and oxygen atoms in total. The maximum atomic E-state index is 11.8. The summed E-state index contributed by atoms with van der Waals surface area (Å²) in [5, 5.41) is 0. The minimum atomic E-state index is -0.0920. The van der Waals surface area contributed by atoms with Crippen molar-refractivity contribution < 1.29 is 0 Å². The fourth-order valence-electron chi connectivity index (χ4n) is 1.40. The Hall–Kier alpha value is -1.84. The van der Waals surface area contributed by atoms with E-state index >= 15 is 0 Å². The molecule has 0 aliphatic heterocycles. The van der Waals surface area contributed by atoms with Crippen molar-refractivity contribution in [1.29, 1.82) is 0 Å². The van der Waals surface area contributed by atoms with E-state index in [0.29, 0.717) is 17.0 Å². The largest absolute Gasteiger partial charge is 0.385 e. The Morgan fingerprint density at radius 2 is 2.07 bits per heavy atom. The molecule has 0 fully saturated rings. The smallest absolute Gasteiger partial charge is 0.262 e. The zero-order chi connectivity index (χ0) is 10.3. The number of hydrogen-bond donors (Lipinski definition) is 1. The van der Waals surface area contributed by atoms with E-state index in [1.165, 1.54) is 4.40 Å². The van der Waals surface area contributed by atoms with E-state index in [4.69, 9.17) is 5.73 Å². The van der Waals surface area contributed by atoms with Gasteiger partial charge in [0.15, 0.2) is 0 Å². The van der Waals surface area contributed by atoms with Gasteiger partial charge in [0.05, 0.1) is 0 Å². The molecule has 0 radical (unpaired) electrons. The highest BCUT2D eigenvalue weighted by molar-refractivity contribution is 5.48. The van der Waals surface area contributed by atoms with Crippen molar-refractivity contribution in [1.82, 2.24) is 9.38 Å². The molecule has 2 aromatic heterocycles. The van der Waals surface area contributed by atoms with Crippen molar-refractivity contribution in [2.75, 3.05) is 5.73 Å². The summed E-state index contributed by atoms with van der Waals surface area (Å²) in [6.07, 6.45) is 0. The topological polar surface area (TPSA) is 60.4 Å². The number of hydrogen-bond acceptors (Lipinski definition) is 3. The number of anilines is 1. The summed E-state index contributed by atoms with van der Waals surface area (Å²) in [7, 11) is 0. The normalized spacial score (nSPS) is 10.7. The van der Waals surface area contributed by atoms with Gasteiger partial charge in [0.1, 0.15) is 11.5 Å². The number of nitrogens with two attached hydrogens (primary N) is 1. The third-order valence-electron chi connectivity index (χ3n) is 2.35. The van der Waals surface area contributed by atoms with E-state index < -0.39 is 0 Å². The first kappa shape index (κ1) is 8.74. The summed E-state index contributed by atoms with van der Waals surface area (Å²) in [6.45, 7) is 3.57. The van der Waals surface area contributed by atoms with Gasteiger partial charge in [-0.05, 0) is 26.0 Å². The van der Waals surface area contributed by atoms with Crippen LogP contribution in [-0.4, -0.2) is 9.38 Å². The van der Waals surface area contributed by atoms with Crippen LogP contribution in [0.4, 0.5) is 5.82 Å². The molecule has 0 saturated heterocycles. The first-order valence-corrected chi connectivity index (χ1v) is 4.35. The number of pyridine rings is 1. The summed E-state index contributed by atoms with van der Waals surface area (Å²) in [6, 6.07) is 5.24. The molecule has 0 aliphatic carbocycles. The van der Waals surface area contributed by atoms with Crippen LogP contribution in [0.15, 0.2) is 23.0 Å². The molecule has 0 atom stereocenters. The number of fused-ring (bicyclic) bond motifs is 1. The second kappa shape index (κ2) is 2.83. The fraction of sp³-hybridized carbons (Fsp3) is 0.200. The number of aromatic nitrogens is 2. The highest BCUT2D eigenvalue weighted by Gasteiger charge is 2.06. The van der Waals surface area contributed by atoms with E-state index in [2.05, 4.69) is 4.98 Å². The predicted molar refractivity (Wildman–Crippen MR) is 55.3 cm³/mol. The molecule has 2 N–H and O–H groups in total. The lowest BCUT2D eigenvalue weighted by Crippen LogP contribution is -2.21. The van der Waals surface area contributed by atoms with Gasteiger partial charge in [0, 0.05) is 11.3 Å². The van der Waals surface area contributed by atoms with Crippen molar-refractivity contribution in [3.63, 3.8) is 0 Å². The standard InChI is InChI=1S/C10H11N3O/c1-6-7(2)12-9-5-3-4-8(11)13(9)10(6)14/h3-5H,11H2,1-2H3. The van der Waals surface area contributed by atoms with E-state index in [1.54, 1.807) is 25.1 Å². The maximum Gasteiger partial charge on any atom is 0.262 e. The molecule has 0 aliphatic rings. The second-order valence-electron chi connectivity index (χ2n) is 3.27. The Balaban J connectivity index is 3.07. The van der Waals surface area contributed by atoms with E-state index in [1.807, 2.05) is 6.92 Å². The van der Waals surface area contributed by atoms with Crippen LogP contribution in [0.2, 0.25) is 0 Å². The minimum absolute atomic E-state index is 0.0920. The number of nitrogens with zero attached hydrogens (tertiary/aromatic N) is 2. The van der Waals surface area contributed by atoms with E-state index in [9.17, 15) is 4.79 Å². The predicted octanol–water partition coefficient (Wildman–Crippen LogP) is 0.894. The van der Waals surface area contributed by atoms with Crippen LogP contribution in [0.5, 0.6) is 0 Å². The van der Waals surface area contributed by atoms with Crippen LogP contribution in [-0.2, 0) is 0 Å². The van der Waals surface area contributed by atoms with Crippen LogP contribution in [0.25, 0.3) is 5.65 Å². The van der Waals surface area contributed by atoms with Crippen molar-refractivity contribution in [3.05, 3.63) is 39.8 Å². The third-order valence-corrected chi connectivity index (χ3v) is 2.35. The molecule has 2 heterocycles. The van der Waals surface area contributed by atoms with Crippen molar-refractivity contribution in [2.45, 2.75) is 13.8 Å². The number of aryl methyl sites for hydroxylation is 1.